The van der Waals surface area contributed by atoms with Gasteiger partial charge in [-0.3, -0.25) is 4.99 Å². The number of nitrogens with zero attached hydrogens (tertiary/aromatic N) is 2. The van der Waals surface area contributed by atoms with Crippen LogP contribution in [0, 0.1) is 0 Å². The van der Waals surface area contributed by atoms with Crippen LogP contribution in [0.5, 0.6) is 0 Å². The molecule has 0 radical (unpaired) electrons. The number of thiophene rings is 1. The van der Waals surface area contributed by atoms with Gasteiger partial charge in [0.25, 0.3) is 0 Å². The monoisotopic (exact) mass is 494 g/mol. The molecule has 1 fully saturated rings. The Labute approximate surface area is 180 Å². The Morgan fingerprint density at radius 3 is 2.81 bits per heavy atom. The molecule has 1 saturated heterocycles. The van der Waals surface area contributed by atoms with Crippen molar-refractivity contribution in [3.8, 4) is 0 Å². The second-order valence-electron chi connectivity index (χ2n) is 6.74. The standard InChI is InChI=1S/C19H34N4OS.HI/c1-4-20-19(21-15-16(2)18-7-5-14-25-18)22-17-8-11-23(12-9-17)10-6-13-24-3;/h5,7,14,16-17H,4,6,8-13,15H2,1-3H3,(H2,20,21,22);1H. The summed E-state index contributed by atoms with van der Waals surface area (Å²) in [7, 11) is 1.77. The second kappa shape index (κ2) is 13.7. The molecule has 2 rings (SSSR count). The lowest BCUT2D eigenvalue weighted by atomic mass is 10.1. The molecule has 1 aliphatic rings. The molecule has 0 amide bonds. The van der Waals surface area contributed by atoms with E-state index < -0.39 is 0 Å². The first-order valence-corrected chi connectivity index (χ1v) is 10.4. The van der Waals surface area contributed by atoms with E-state index in [9.17, 15) is 0 Å². The molecule has 2 heterocycles. The van der Waals surface area contributed by atoms with E-state index in [0.717, 1.165) is 51.7 Å². The Morgan fingerprint density at radius 1 is 1.42 bits per heavy atom. The fourth-order valence-electron chi connectivity index (χ4n) is 3.14. The molecule has 150 valence electrons. The molecule has 5 nitrogen and oxygen atoms in total. The van der Waals surface area contributed by atoms with Gasteiger partial charge in [-0.15, -0.1) is 35.3 Å². The zero-order valence-electron chi connectivity index (χ0n) is 16.4. The lowest BCUT2D eigenvalue weighted by Gasteiger charge is -2.33. The smallest absolute Gasteiger partial charge is 0.191 e. The van der Waals surface area contributed by atoms with E-state index in [0.29, 0.717) is 12.0 Å². The van der Waals surface area contributed by atoms with Gasteiger partial charge in [-0.05, 0) is 37.6 Å². The summed E-state index contributed by atoms with van der Waals surface area (Å²) in [6.07, 6.45) is 3.48. The lowest BCUT2D eigenvalue weighted by molar-refractivity contribution is 0.155. The molecule has 26 heavy (non-hydrogen) atoms. The highest BCUT2D eigenvalue weighted by molar-refractivity contribution is 14.0. The SMILES string of the molecule is CCNC(=NCC(C)c1cccs1)NC1CCN(CCCOC)CC1.I. The van der Waals surface area contributed by atoms with Gasteiger partial charge in [-0.2, -0.15) is 0 Å². The third-order valence-corrected chi connectivity index (χ3v) is 5.75. The first kappa shape index (κ1) is 23.7. The largest absolute Gasteiger partial charge is 0.385 e. The van der Waals surface area contributed by atoms with Crippen LogP contribution in [0.2, 0.25) is 0 Å². The Balaban J connectivity index is 0.00000338. The highest BCUT2D eigenvalue weighted by atomic mass is 127. The topological polar surface area (TPSA) is 48.9 Å². The molecule has 0 saturated carbocycles. The molecule has 7 heteroatoms. The number of halogens is 1. The Hall–Kier alpha value is -0.380. The van der Waals surface area contributed by atoms with Gasteiger partial charge in [-0.25, -0.2) is 0 Å². The van der Waals surface area contributed by atoms with Gasteiger partial charge >= 0.3 is 0 Å². The molecule has 0 spiro atoms. The van der Waals surface area contributed by atoms with Crippen LogP contribution in [-0.2, 0) is 4.74 Å². The number of piperidine rings is 1. The Morgan fingerprint density at radius 2 is 2.19 bits per heavy atom. The van der Waals surface area contributed by atoms with Crippen molar-refractivity contribution in [3.63, 3.8) is 0 Å². The van der Waals surface area contributed by atoms with Gasteiger partial charge in [0.2, 0.25) is 0 Å². The number of rotatable bonds is 9. The molecular weight excluding hydrogens is 459 g/mol. The third-order valence-electron chi connectivity index (χ3n) is 4.65. The zero-order valence-corrected chi connectivity index (χ0v) is 19.5. The van der Waals surface area contributed by atoms with Crippen molar-refractivity contribution in [2.24, 2.45) is 4.99 Å². The minimum Gasteiger partial charge on any atom is -0.385 e. The fourth-order valence-corrected chi connectivity index (χ4v) is 3.91. The van der Waals surface area contributed by atoms with Crippen molar-refractivity contribution < 1.29 is 4.74 Å². The number of ether oxygens (including phenoxy) is 1. The summed E-state index contributed by atoms with van der Waals surface area (Å²) in [6, 6.07) is 4.84. The van der Waals surface area contributed by atoms with E-state index >= 15 is 0 Å². The number of nitrogens with one attached hydrogen (secondary N) is 2. The maximum Gasteiger partial charge on any atom is 0.191 e. The van der Waals surface area contributed by atoms with Crippen LogP contribution < -0.4 is 10.6 Å². The molecule has 2 N–H and O–H groups in total. The second-order valence-corrected chi connectivity index (χ2v) is 7.72. The normalized spacial score (nSPS) is 17.6. The van der Waals surface area contributed by atoms with E-state index in [4.69, 9.17) is 9.73 Å². The molecule has 1 atom stereocenters. The number of guanidine groups is 1. The minimum absolute atomic E-state index is 0. The Bertz CT molecular complexity index is 490. The quantitative estimate of drug-likeness (QED) is 0.239. The van der Waals surface area contributed by atoms with Crippen molar-refractivity contribution in [1.82, 2.24) is 15.5 Å². The first-order chi connectivity index (χ1) is 12.2. The number of methoxy groups -OCH3 is 1. The van der Waals surface area contributed by atoms with Crippen molar-refractivity contribution in [2.75, 3.05) is 46.4 Å². The van der Waals surface area contributed by atoms with Crippen LogP contribution in [0.4, 0.5) is 0 Å². The molecule has 1 aromatic heterocycles. The molecular formula is C19H35IN4OS. The van der Waals surface area contributed by atoms with Gasteiger partial charge in [0.05, 0.1) is 6.54 Å². The highest BCUT2D eigenvalue weighted by Crippen LogP contribution is 2.20. The van der Waals surface area contributed by atoms with E-state index in [1.54, 1.807) is 7.11 Å². The third kappa shape index (κ3) is 8.54. The summed E-state index contributed by atoms with van der Waals surface area (Å²) >= 11 is 1.82. The first-order valence-electron chi connectivity index (χ1n) is 9.52. The van der Waals surface area contributed by atoms with E-state index in [2.05, 4.69) is 46.9 Å². The number of likely N-dealkylation sites (tertiary alicyclic amines) is 1. The van der Waals surface area contributed by atoms with Crippen LogP contribution in [0.15, 0.2) is 22.5 Å². The average Bonchev–Trinajstić information content (AvgIpc) is 3.16. The van der Waals surface area contributed by atoms with Gasteiger partial charge < -0.3 is 20.3 Å². The molecule has 1 aliphatic heterocycles. The van der Waals surface area contributed by atoms with E-state index in [1.807, 2.05) is 11.3 Å². The summed E-state index contributed by atoms with van der Waals surface area (Å²) in [5.41, 5.74) is 0. The maximum absolute atomic E-state index is 5.14. The highest BCUT2D eigenvalue weighted by Gasteiger charge is 2.19. The maximum atomic E-state index is 5.14. The summed E-state index contributed by atoms with van der Waals surface area (Å²) in [5.74, 6) is 1.43. The summed E-state index contributed by atoms with van der Waals surface area (Å²) in [6.45, 7) is 10.4. The van der Waals surface area contributed by atoms with Crippen LogP contribution in [0.3, 0.4) is 0 Å². The van der Waals surface area contributed by atoms with Crippen LogP contribution in [-0.4, -0.2) is 63.3 Å². The van der Waals surface area contributed by atoms with Crippen molar-refractivity contribution in [3.05, 3.63) is 22.4 Å². The molecule has 1 aromatic rings. The average molecular weight is 494 g/mol. The summed E-state index contributed by atoms with van der Waals surface area (Å²) in [5, 5.41) is 9.17. The number of aliphatic imine (C=N–C) groups is 1. The van der Waals surface area contributed by atoms with Gasteiger partial charge in [0.1, 0.15) is 0 Å². The van der Waals surface area contributed by atoms with Gasteiger partial charge in [0.15, 0.2) is 5.96 Å². The minimum atomic E-state index is 0. The van der Waals surface area contributed by atoms with Crippen molar-refractivity contribution >= 4 is 41.3 Å². The predicted molar refractivity (Wildman–Crippen MR) is 123 cm³/mol. The van der Waals surface area contributed by atoms with E-state index in [-0.39, 0.29) is 24.0 Å². The molecule has 0 bridgehead atoms. The fraction of sp³-hybridized carbons (Fsp3) is 0.737. The van der Waals surface area contributed by atoms with Gasteiger partial charge in [0, 0.05) is 56.7 Å². The predicted octanol–water partition coefficient (Wildman–Crippen LogP) is 3.53. The van der Waals surface area contributed by atoms with Crippen LogP contribution >= 0.6 is 35.3 Å². The van der Waals surface area contributed by atoms with Gasteiger partial charge in [-0.1, -0.05) is 13.0 Å². The lowest BCUT2D eigenvalue weighted by Crippen LogP contribution is -2.49. The number of hydrogen-bond donors (Lipinski definition) is 2. The summed E-state index contributed by atoms with van der Waals surface area (Å²) < 4.78 is 5.14. The molecule has 0 aromatic carbocycles. The van der Waals surface area contributed by atoms with Crippen molar-refractivity contribution in [2.45, 2.75) is 45.1 Å². The molecule has 0 aliphatic carbocycles. The number of hydrogen-bond acceptors (Lipinski definition) is 4. The summed E-state index contributed by atoms with van der Waals surface area (Å²) in [4.78, 5) is 8.76. The van der Waals surface area contributed by atoms with Crippen molar-refractivity contribution in [1.29, 1.82) is 0 Å². The van der Waals surface area contributed by atoms with Crippen LogP contribution in [0.1, 0.15) is 43.9 Å². The molecule has 1 unspecified atom stereocenters. The van der Waals surface area contributed by atoms with E-state index in [1.165, 1.54) is 17.7 Å². The zero-order chi connectivity index (χ0) is 17.9. The van der Waals surface area contributed by atoms with Crippen LogP contribution in [0.25, 0.3) is 0 Å². The Kier molecular flexibility index (Phi) is 12.5.